The fourth-order valence-electron chi connectivity index (χ4n) is 7.20. The lowest BCUT2D eigenvalue weighted by molar-refractivity contribution is -0.163. The lowest BCUT2D eigenvalue weighted by atomic mass is 10.1. The van der Waals surface area contributed by atoms with E-state index in [0.29, 0.717) is 19.4 Å². The van der Waals surface area contributed by atoms with E-state index in [9.17, 15) is 9.59 Å². The first-order valence-electron chi connectivity index (χ1n) is 25.8. The normalized spacial score (nSPS) is 12.7. The van der Waals surface area contributed by atoms with E-state index in [0.717, 1.165) is 70.6 Å². The average molecular weight is 839 g/mol. The van der Waals surface area contributed by atoms with Crippen LogP contribution in [0.1, 0.15) is 252 Å². The van der Waals surface area contributed by atoms with Gasteiger partial charge < -0.3 is 14.2 Å². The average Bonchev–Trinajstić information content (AvgIpc) is 3.25. The predicted octanol–water partition coefficient (Wildman–Crippen LogP) is 17.3. The fraction of sp³-hybridized carbons (Fsp3) is 0.782. The van der Waals surface area contributed by atoms with Gasteiger partial charge in [-0.05, 0) is 83.5 Å². The molecule has 5 nitrogen and oxygen atoms in total. The lowest BCUT2D eigenvalue weighted by Gasteiger charge is -2.18. The first-order chi connectivity index (χ1) is 29.6. The number of allylic oxidation sites excluding steroid dienone is 10. The van der Waals surface area contributed by atoms with E-state index in [4.69, 9.17) is 14.2 Å². The lowest BCUT2D eigenvalue weighted by Crippen LogP contribution is -2.30. The van der Waals surface area contributed by atoms with Crippen LogP contribution in [0.5, 0.6) is 0 Å². The molecule has 0 bridgehead atoms. The van der Waals surface area contributed by atoms with Crippen LogP contribution in [0.2, 0.25) is 0 Å². The Bertz CT molecular complexity index is 1040. The summed E-state index contributed by atoms with van der Waals surface area (Å²) in [5.74, 6) is -0.442. The summed E-state index contributed by atoms with van der Waals surface area (Å²) in [6.45, 7) is 7.67. The number of hydrogen-bond acceptors (Lipinski definition) is 5. The van der Waals surface area contributed by atoms with Gasteiger partial charge in [0.2, 0.25) is 0 Å². The quantitative estimate of drug-likeness (QED) is 0.0347. The van der Waals surface area contributed by atoms with Crippen LogP contribution in [0.3, 0.4) is 0 Å². The van der Waals surface area contributed by atoms with Crippen LogP contribution < -0.4 is 0 Å². The highest BCUT2D eigenvalue weighted by Gasteiger charge is 2.17. The third-order valence-corrected chi connectivity index (χ3v) is 11.0. The molecule has 0 fully saturated rings. The molecule has 0 radical (unpaired) electrons. The second kappa shape index (κ2) is 51.0. The standard InChI is InChI=1S/C55H98O5/c1-4-7-10-13-16-19-21-23-25-26-27-28-29-31-33-35-38-41-44-47-50-58-51-53(60-55(57)49-46-43-40-36-18-15-12-9-6-3)52-59-54(56)48-45-42-39-37-34-32-30-24-22-20-17-14-11-8-5-2/h8,11,17,20,23-25,30,34,37,53H,4-7,9-10,12-16,18-19,21-22,26-29,31-33,35-36,38-52H2,1-3H3/b11-8-,20-17-,25-23-,30-24-,37-34-. The third-order valence-electron chi connectivity index (χ3n) is 11.0. The molecule has 5 heteroatoms. The number of carbonyl (C=O) groups is 2. The van der Waals surface area contributed by atoms with E-state index < -0.39 is 6.10 Å². The Morgan fingerprint density at radius 3 is 1.25 bits per heavy atom. The van der Waals surface area contributed by atoms with Crippen molar-refractivity contribution in [1.29, 1.82) is 0 Å². The SMILES string of the molecule is CC/C=C\C/C=C\C/C=C\C/C=C\CCCCC(=O)OCC(COCCCCCCCCCCCC/C=C\CCCCCCCC)OC(=O)CCCCCCCCCCC. The highest BCUT2D eigenvalue weighted by Crippen LogP contribution is 2.14. The van der Waals surface area contributed by atoms with Crippen molar-refractivity contribution in [3.63, 3.8) is 0 Å². The topological polar surface area (TPSA) is 61.8 Å². The van der Waals surface area contributed by atoms with E-state index in [2.05, 4.69) is 81.5 Å². The van der Waals surface area contributed by atoms with Gasteiger partial charge in [0.15, 0.2) is 6.10 Å². The number of unbranched alkanes of at least 4 members (excludes halogenated alkanes) is 26. The Hall–Kier alpha value is -2.40. The maximum absolute atomic E-state index is 12.7. The van der Waals surface area contributed by atoms with Gasteiger partial charge >= 0.3 is 11.9 Å². The van der Waals surface area contributed by atoms with E-state index in [1.165, 1.54) is 148 Å². The van der Waals surface area contributed by atoms with Crippen molar-refractivity contribution in [3.05, 3.63) is 60.8 Å². The number of esters is 2. The molecule has 60 heavy (non-hydrogen) atoms. The van der Waals surface area contributed by atoms with E-state index in [1.807, 2.05) is 0 Å². The van der Waals surface area contributed by atoms with Crippen LogP contribution in [0.25, 0.3) is 0 Å². The van der Waals surface area contributed by atoms with Crippen molar-refractivity contribution in [2.75, 3.05) is 19.8 Å². The Morgan fingerprint density at radius 2 is 0.750 bits per heavy atom. The van der Waals surface area contributed by atoms with Crippen molar-refractivity contribution in [1.82, 2.24) is 0 Å². The first-order valence-corrected chi connectivity index (χ1v) is 25.8. The second-order valence-corrected chi connectivity index (χ2v) is 17.0. The smallest absolute Gasteiger partial charge is 0.306 e. The molecule has 0 N–H and O–H groups in total. The molecule has 0 aliphatic rings. The van der Waals surface area contributed by atoms with Crippen molar-refractivity contribution in [2.24, 2.45) is 0 Å². The molecule has 0 aliphatic carbocycles. The zero-order valence-electron chi connectivity index (χ0n) is 40.0. The molecule has 0 spiro atoms. The Labute approximate surface area is 373 Å². The summed E-state index contributed by atoms with van der Waals surface area (Å²) in [6.07, 6.45) is 63.8. The molecule has 0 saturated carbocycles. The fourth-order valence-corrected chi connectivity index (χ4v) is 7.20. The molecule has 348 valence electrons. The summed E-state index contributed by atoms with van der Waals surface area (Å²) >= 11 is 0. The second-order valence-electron chi connectivity index (χ2n) is 17.0. The number of ether oxygens (including phenoxy) is 3. The van der Waals surface area contributed by atoms with Crippen LogP contribution in [-0.2, 0) is 23.8 Å². The molecule has 0 amide bonds. The minimum Gasteiger partial charge on any atom is -0.462 e. The predicted molar refractivity (Wildman–Crippen MR) is 261 cm³/mol. The number of rotatable bonds is 47. The van der Waals surface area contributed by atoms with Gasteiger partial charge in [0.25, 0.3) is 0 Å². The van der Waals surface area contributed by atoms with Crippen molar-refractivity contribution in [3.8, 4) is 0 Å². The first kappa shape index (κ1) is 57.6. The molecule has 1 atom stereocenters. The largest absolute Gasteiger partial charge is 0.462 e. The maximum atomic E-state index is 12.7. The molecule has 0 heterocycles. The van der Waals surface area contributed by atoms with Gasteiger partial charge in [0.05, 0.1) is 6.61 Å². The van der Waals surface area contributed by atoms with Crippen LogP contribution in [0, 0.1) is 0 Å². The summed E-state index contributed by atoms with van der Waals surface area (Å²) in [5.41, 5.74) is 0. The van der Waals surface area contributed by atoms with Gasteiger partial charge in [0, 0.05) is 19.4 Å². The number of carbonyl (C=O) groups excluding carboxylic acids is 2. The van der Waals surface area contributed by atoms with Crippen molar-refractivity contribution in [2.45, 2.75) is 258 Å². The van der Waals surface area contributed by atoms with Gasteiger partial charge in [-0.15, -0.1) is 0 Å². The minimum absolute atomic E-state index is 0.0646. The van der Waals surface area contributed by atoms with E-state index >= 15 is 0 Å². The monoisotopic (exact) mass is 839 g/mol. The summed E-state index contributed by atoms with van der Waals surface area (Å²) in [6, 6.07) is 0. The molecule has 1 unspecified atom stereocenters. The number of hydrogen-bond donors (Lipinski definition) is 0. The molecule has 0 aliphatic heterocycles. The van der Waals surface area contributed by atoms with Gasteiger partial charge in [-0.3, -0.25) is 9.59 Å². The van der Waals surface area contributed by atoms with Crippen LogP contribution in [0.4, 0.5) is 0 Å². The van der Waals surface area contributed by atoms with Crippen LogP contribution in [-0.4, -0.2) is 37.9 Å². The Kier molecular flexibility index (Phi) is 48.9. The zero-order chi connectivity index (χ0) is 43.5. The summed E-state index contributed by atoms with van der Waals surface area (Å²) in [5, 5.41) is 0. The third kappa shape index (κ3) is 48.3. The van der Waals surface area contributed by atoms with Crippen LogP contribution in [0.15, 0.2) is 60.8 Å². The Morgan fingerprint density at radius 1 is 0.383 bits per heavy atom. The summed E-state index contributed by atoms with van der Waals surface area (Å²) in [4.78, 5) is 25.3. The van der Waals surface area contributed by atoms with Crippen molar-refractivity contribution >= 4 is 11.9 Å². The highest BCUT2D eigenvalue weighted by atomic mass is 16.6. The zero-order valence-corrected chi connectivity index (χ0v) is 40.0. The van der Waals surface area contributed by atoms with Gasteiger partial charge in [0.1, 0.15) is 6.61 Å². The molecule has 0 saturated heterocycles. The van der Waals surface area contributed by atoms with E-state index in [-0.39, 0.29) is 25.2 Å². The molecule has 0 aromatic heterocycles. The van der Waals surface area contributed by atoms with Gasteiger partial charge in [-0.1, -0.05) is 216 Å². The van der Waals surface area contributed by atoms with Crippen LogP contribution >= 0.6 is 0 Å². The molecular weight excluding hydrogens is 741 g/mol. The maximum Gasteiger partial charge on any atom is 0.306 e. The minimum atomic E-state index is -0.550. The van der Waals surface area contributed by atoms with Crippen molar-refractivity contribution < 1.29 is 23.8 Å². The highest BCUT2D eigenvalue weighted by molar-refractivity contribution is 5.70. The molecule has 0 rings (SSSR count). The van der Waals surface area contributed by atoms with Gasteiger partial charge in [-0.2, -0.15) is 0 Å². The van der Waals surface area contributed by atoms with E-state index in [1.54, 1.807) is 0 Å². The van der Waals surface area contributed by atoms with Gasteiger partial charge in [-0.25, -0.2) is 0 Å². The Balaban J connectivity index is 4.20. The molecular formula is C55H98O5. The summed E-state index contributed by atoms with van der Waals surface area (Å²) in [7, 11) is 0. The molecule has 0 aromatic carbocycles. The molecule has 0 aromatic rings. The summed E-state index contributed by atoms with van der Waals surface area (Å²) < 4.78 is 17.3.